The zero-order valence-corrected chi connectivity index (χ0v) is 17.2. The average Bonchev–Trinajstić information content (AvgIpc) is 3.23. The van der Waals surface area contributed by atoms with E-state index in [1.165, 1.54) is 0 Å². The van der Waals surface area contributed by atoms with Gasteiger partial charge in [-0.05, 0) is 23.8 Å². The third-order valence-corrected chi connectivity index (χ3v) is 5.97. The lowest BCUT2D eigenvalue weighted by molar-refractivity contribution is 0.0845. The van der Waals surface area contributed by atoms with Gasteiger partial charge in [0.25, 0.3) is 0 Å². The molecule has 30 heavy (non-hydrogen) atoms. The Labute approximate surface area is 182 Å². The quantitative estimate of drug-likeness (QED) is 0.341. The molecule has 4 aromatic carbocycles. The summed E-state index contributed by atoms with van der Waals surface area (Å²) in [6, 6.07) is 39.4. The van der Waals surface area contributed by atoms with Gasteiger partial charge in [-0.15, -0.1) is 0 Å². The largest absolute Gasteiger partial charge is 0.477 e. The lowest BCUT2D eigenvalue weighted by Gasteiger charge is -2.37. The van der Waals surface area contributed by atoms with Crippen molar-refractivity contribution in [2.75, 3.05) is 0 Å². The van der Waals surface area contributed by atoms with Gasteiger partial charge in [-0.3, -0.25) is 0 Å². The van der Waals surface area contributed by atoms with Crippen LogP contribution in [-0.2, 0) is 10.3 Å². The third-order valence-electron chi connectivity index (χ3n) is 5.72. The maximum absolute atomic E-state index is 6.93. The van der Waals surface area contributed by atoms with Crippen molar-refractivity contribution in [1.82, 2.24) is 0 Å². The summed E-state index contributed by atoms with van der Waals surface area (Å²) < 4.78 is 6.93. The third kappa shape index (κ3) is 3.22. The second-order valence-electron chi connectivity index (χ2n) is 7.50. The molecule has 0 amide bonds. The van der Waals surface area contributed by atoms with Crippen LogP contribution in [0.15, 0.2) is 121 Å². The van der Waals surface area contributed by atoms with Crippen molar-refractivity contribution in [2.24, 2.45) is 0 Å². The van der Waals surface area contributed by atoms with E-state index in [-0.39, 0.29) is 5.92 Å². The molecule has 1 nitrogen and oxygen atoms in total. The summed E-state index contributed by atoms with van der Waals surface area (Å²) in [5.74, 6) is 0.887. The highest BCUT2D eigenvalue weighted by Gasteiger charge is 2.49. The van der Waals surface area contributed by atoms with E-state index in [9.17, 15) is 0 Å². The zero-order chi connectivity index (χ0) is 20.4. The number of hydrogen-bond acceptors (Lipinski definition) is 1. The van der Waals surface area contributed by atoms with Crippen molar-refractivity contribution >= 4 is 17.4 Å². The Kier molecular flexibility index (Phi) is 4.90. The van der Waals surface area contributed by atoms with Crippen LogP contribution in [0.5, 0.6) is 0 Å². The van der Waals surface area contributed by atoms with E-state index in [1.54, 1.807) is 0 Å². The van der Waals surface area contributed by atoms with Crippen LogP contribution in [0.2, 0.25) is 5.02 Å². The van der Waals surface area contributed by atoms with Gasteiger partial charge in [-0.2, -0.15) is 0 Å². The van der Waals surface area contributed by atoms with Crippen LogP contribution in [0.25, 0.3) is 5.76 Å². The molecule has 4 aromatic rings. The van der Waals surface area contributed by atoms with E-state index in [0.717, 1.165) is 33.0 Å². The monoisotopic (exact) mass is 408 g/mol. The van der Waals surface area contributed by atoms with Crippen molar-refractivity contribution in [3.8, 4) is 0 Å². The Hall–Kier alpha value is -3.29. The number of hydrogen-bond donors (Lipinski definition) is 0. The van der Waals surface area contributed by atoms with Crippen molar-refractivity contribution in [3.05, 3.63) is 149 Å². The highest BCUT2D eigenvalue weighted by molar-refractivity contribution is 6.30. The van der Waals surface area contributed by atoms with E-state index < -0.39 is 5.60 Å². The molecule has 1 aliphatic heterocycles. The molecule has 1 heterocycles. The Balaban J connectivity index is 1.76. The molecule has 0 saturated carbocycles. The van der Waals surface area contributed by atoms with Crippen LogP contribution in [-0.4, -0.2) is 0 Å². The van der Waals surface area contributed by atoms with Gasteiger partial charge in [0.15, 0.2) is 5.60 Å². The van der Waals surface area contributed by atoms with Crippen LogP contribution in [0.1, 0.15) is 28.2 Å². The molecule has 1 unspecified atom stereocenters. The molecule has 2 heteroatoms. The molecular weight excluding hydrogens is 388 g/mol. The molecule has 0 radical (unpaired) electrons. The number of ether oxygens (including phenoxy) is 1. The maximum Gasteiger partial charge on any atom is 0.169 e. The summed E-state index contributed by atoms with van der Waals surface area (Å²) in [4.78, 5) is 0. The van der Waals surface area contributed by atoms with Gasteiger partial charge in [0.1, 0.15) is 5.76 Å². The molecule has 146 valence electrons. The van der Waals surface area contributed by atoms with Gasteiger partial charge in [0.2, 0.25) is 0 Å². The first-order chi connectivity index (χ1) is 14.8. The Morgan fingerprint density at radius 1 is 0.600 bits per heavy atom. The molecule has 0 bridgehead atoms. The molecule has 1 atom stereocenters. The summed E-state index contributed by atoms with van der Waals surface area (Å²) in [5, 5.41) is 0.731. The lowest BCUT2D eigenvalue weighted by Crippen LogP contribution is -2.33. The number of rotatable bonds is 4. The van der Waals surface area contributed by atoms with Gasteiger partial charge in [0.05, 0.1) is 5.92 Å². The second-order valence-corrected chi connectivity index (χ2v) is 7.93. The highest BCUT2D eigenvalue weighted by Crippen LogP contribution is 2.54. The standard InChI is InChI=1S/C28H21ClO/c29-25-18-16-21(17-19-25)26-20-27(22-10-4-1-5-11-22)30-28(26,23-12-6-2-7-13-23)24-14-8-3-9-15-24/h1-20,26H. The minimum Gasteiger partial charge on any atom is -0.477 e. The highest BCUT2D eigenvalue weighted by atomic mass is 35.5. The number of benzene rings is 4. The van der Waals surface area contributed by atoms with Crippen molar-refractivity contribution in [1.29, 1.82) is 0 Å². The Morgan fingerprint density at radius 2 is 1.10 bits per heavy atom. The summed E-state index contributed by atoms with van der Waals surface area (Å²) in [6.45, 7) is 0. The first kappa shape index (κ1) is 18.7. The Morgan fingerprint density at radius 3 is 1.63 bits per heavy atom. The summed E-state index contributed by atoms with van der Waals surface area (Å²) in [7, 11) is 0. The smallest absolute Gasteiger partial charge is 0.169 e. The van der Waals surface area contributed by atoms with Crippen LogP contribution < -0.4 is 0 Å². The molecule has 0 aromatic heterocycles. The minimum absolute atomic E-state index is 0.00484. The Bertz CT molecular complexity index is 1110. The normalized spacial score (nSPS) is 17.2. The van der Waals surface area contributed by atoms with Crippen LogP contribution in [0.3, 0.4) is 0 Å². The fourth-order valence-electron chi connectivity index (χ4n) is 4.31. The van der Waals surface area contributed by atoms with Crippen LogP contribution >= 0.6 is 11.6 Å². The van der Waals surface area contributed by atoms with Gasteiger partial charge in [0, 0.05) is 21.7 Å². The fraction of sp³-hybridized carbons (Fsp3) is 0.0714. The first-order valence-corrected chi connectivity index (χ1v) is 10.5. The molecule has 1 aliphatic rings. The van der Waals surface area contributed by atoms with Crippen molar-refractivity contribution in [2.45, 2.75) is 11.5 Å². The van der Waals surface area contributed by atoms with E-state index in [4.69, 9.17) is 16.3 Å². The van der Waals surface area contributed by atoms with E-state index in [1.807, 2.05) is 42.5 Å². The summed E-state index contributed by atoms with van der Waals surface area (Å²) >= 11 is 6.20. The molecule has 0 saturated heterocycles. The fourth-order valence-corrected chi connectivity index (χ4v) is 4.44. The van der Waals surface area contributed by atoms with Gasteiger partial charge >= 0.3 is 0 Å². The molecule has 0 spiro atoms. The van der Waals surface area contributed by atoms with E-state index >= 15 is 0 Å². The van der Waals surface area contributed by atoms with Crippen LogP contribution in [0.4, 0.5) is 0 Å². The topological polar surface area (TPSA) is 9.23 Å². The minimum atomic E-state index is -0.665. The molecule has 0 fully saturated rings. The number of halogens is 1. The summed E-state index contributed by atoms with van der Waals surface area (Å²) in [6.07, 6.45) is 2.25. The van der Waals surface area contributed by atoms with Crippen molar-refractivity contribution < 1.29 is 4.74 Å². The SMILES string of the molecule is Clc1ccc(C2C=C(c3ccccc3)OC2(c2ccccc2)c2ccccc2)cc1. The average molecular weight is 409 g/mol. The van der Waals surface area contributed by atoms with Gasteiger partial charge in [-0.1, -0.05) is 115 Å². The zero-order valence-electron chi connectivity index (χ0n) is 16.4. The molecule has 5 rings (SSSR count). The molecular formula is C28H21ClO. The van der Waals surface area contributed by atoms with E-state index in [0.29, 0.717) is 0 Å². The maximum atomic E-state index is 6.93. The van der Waals surface area contributed by atoms with Gasteiger partial charge in [-0.25, -0.2) is 0 Å². The van der Waals surface area contributed by atoms with Crippen LogP contribution in [0, 0.1) is 0 Å². The lowest BCUT2D eigenvalue weighted by atomic mass is 9.74. The predicted octanol–water partition coefficient (Wildman–Crippen LogP) is 7.44. The summed E-state index contributed by atoms with van der Waals surface area (Å²) in [5.41, 5.74) is 3.82. The predicted molar refractivity (Wildman–Crippen MR) is 123 cm³/mol. The van der Waals surface area contributed by atoms with Gasteiger partial charge < -0.3 is 4.74 Å². The molecule has 0 aliphatic carbocycles. The first-order valence-electron chi connectivity index (χ1n) is 10.1. The van der Waals surface area contributed by atoms with Crippen molar-refractivity contribution in [3.63, 3.8) is 0 Å². The van der Waals surface area contributed by atoms with E-state index in [2.05, 4.69) is 78.9 Å². The molecule has 0 N–H and O–H groups in total. The second kappa shape index (κ2) is 7.85.